The first-order chi connectivity index (χ1) is 14.6. The third kappa shape index (κ3) is 2.42. The molecule has 30 heavy (non-hydrogen) atoms. The lowest BCUT2D eigenvalue weighted by atomic mass is 9.80. The average molecular weight is 386 g/mol. The monoisotopic (exact) mass is 385 g/mol. The van der Waals surface area contributed by atoms with Gasteiger partial charge < -0.3 is 5.32 Å². The van der Waals surface area contributed by atoms with Crippen LogP contribution in [-0.4, -0.2) is 0 Å². The molecule has 0 aromatic heterocycles. The first-order valence-corrected chi connectivity index (χ1v) is 10.5. The Morgan fingerprint density at radius 3 is 2.13 bits per heavy atom. The fourth-order valence-electron chi connectivity index (χ4n) is 5.18. The predicted molar refractivity (Wildman–Crippen MR) is 129 cm³/mol. The Bertz CT molecular complexity index is 1440. The molecule has 1 aliphatic rings. The summed E-state index contributed by atoms with van der Waals surface area (Å²) >= 11 is 0. The molecule has 0 amide bonds. The van der Waals surface area contributed by atoms with Gasteiger partial charge in [0.2, 0.25) is 0 Å². The molecule has 1 heteroatoms. The zero-order valence-electron chi connectivity index (χ0n) is 17.2. The molecule has 1 aliphatic carbocycles. The molecule has 6 rings (SSSR count). The number of hydrogen-bond acceptors (Lipinski definition) is 1. The molecule has 0 heterocycles. The highest BCUT2D eigenvalue weighted by molar-refractivity contribution is 5.99. The average Bonchev–Trinajstić information content (AvgIpc) is 3.01. The minimum absolute atomic E-state index is 0.0104. The summed E-state index contributed by atoms with van der Waals surface area (Å²) in [4.78, 5) is 0. The highest BCUT2D eigenvalue weighted by Gasteiger charge is 2.36. The van der Waals surface area contributed by atoms with Crippen LogP contribution in [0.2, 0.25) is 0 Å². The van der Waals surface area contributed by atoms with Gasteiger partial charge >= 0.3 is 0 Å². The van der Waals surface area contributed by atoms with E-state index in [9.17, 15) is 0 Å². The maximum atomic E-state index is 3.67. The Morgan fingerprint density at radius 2 is 1.30 bits per heavy atom. The number of anilines is 2. The molecule has 0 spiro atoms. The van der Waals surface area contributed by atoms with Crippen molar-refractivity contribution in [2.45, 2.75) is 19.3 Å². The van der Waals surface area contributed by atoms with Crippen molar-refractivity contribution in [3.8, 4) is 11.1 Å². The van der Waals surface area contributed by atoms with Gasteiger partial charge in [0, 0.05) is 22.2 Å². The largest absolute Gasteiger partial charge is 0.355 e. The molecule has 0 fully saturated rings. The fraction of sp³-hybridized carbons (Fsp3) is 0.103. The lowest BCUT2D eigenvalue weighted by Gasteiger charge is -2.23. The van der Waals surface area contributed by atoms with Gasteiger partial charge in [0.1, 0.15) is 0 Å². The van der Waals surface area contributed by atoms with Gasteiger partial charge in [-0.2, -0.15) is 0 Å². The van der Waals surface area contributed by atoms with E-state index in [4.69, 9.17) is 0 Å². The number of benzene rings is 5. The lowest BCUT2D eigenvalue weighted by Crippen LogP contribution is -2.15. The summed E-state index contributed by atoms with van der Waals surface area (Å²) in [6.45, 7) is 4.70. The summed E-state index contributed by atoms with van der Waals surface area (Å²) < 4.78 is 0. The standard InChI is InChI=1S/C29H23N/c1-29(2)26-17-15-21(30-27-13-7-10-19-8-3-5-11-22(19)27)18-25(26)24-16-14-20-9-4-6-12-23(20)28(24)29/h3-18,30H,1-2H3. The third-order valence-electron chi connectivity index (χ3n) is 6.61. The van der Waals surface area contributed by atoms with Crippen LogP contribution in [-0.2, 0) is 5.41 Å². The van der Waals surface area contributed by atoms with E-state index in [0.717, 1.165) is 11.4 Å². The van der Waals surface area contributed by atoms with Gasteiger partial charge in [0.25, 0.3) is 0 Å². The third-order valence-corrected chi connectivity index (χ3v) is 6.61. The van der Waals surface area contributed by atoms with Gasteiger partial charge in [-0.25, -0.2) is 0 Å². The fourth-order valence-corrected chi connectivity index (χ4v) is 5.18. The maximum absolute atomic E-state index is 3.67. The van der Waals surface area contributed by atoms with Gasteiger partial charge in [-0.05, 0) is 56.6 Å². The molecule has 0 unspecified atom stereocenters. The minimum Gasteiger partial charge on any atom is -0.355 e. The van der Waals surface area contributed by atoms with Crippen molar-refractivity contribution in [3.05, 3.63) is 108 Å². The Balaban J connectivity index is 1.51. The van der Waals surface area contributed by atoms with Crippen LogP contribution in [0, 0.1) is 0 Å². The number of rotatable bonds is 2. The van der Waals surface area contributed by atoms with Crippen LogP contribution in [0.5, 0.6) is 0 Å². The van der Waals surface area contributed by atoms with Crippen LogP contribution in [0.3, 0.4) is 0 Å². The SMILES string of the molecule is CC1(C)c2ccc(Nc3cccc4ccccc34)cc2-c2ccc3ccccc3c21. The summed E-state index contributed by atoms with van der Waals surface area (Å²) in [5.74, 6) is 0. The van der Waals surface area contributed by atoms with Crippen LogP contribution in [0.4, 0.5) is 11.4 Å². The maximum Gasteiger partial charge on any atom is 0.0463 e. The van der Waals surface area contributed by atoms with E-state index >= 15 is 0 Å². The van der Waals surface area contributed by atoms with Crippen molar-refractivity contribution in [2.24, 2.45) is 0 Å². The van der Waals surface area contributed by atoms with E-state index in [2.05, 4.69) is 116 Å². The van der Waals surface area contributed by atoms with E-state index in [-0.39, 0.29) is 5.41 Å². The lowest BCUT2D eigenvalue weighted by molar-refractivity contribution is 0.666. The molecule has 0 atom stereocenters. The first-order valence-electron chi connectivity index (χ1n) is 10.5. The first kappa shape index (κ1) is 17.3. The van der Waals surface area contributed by atoms with Gasteiger partial charge in [0.05, 0.1) is 0 Å². The number of nitrogens with one attached hydrogen (secondary N) is 1. The second-order valence-electron chi connectivity index (χ2n) is 8.75. The summed E-state index contributed by atoms with van der Waals surface area (Å²) in [6, 6.07) is 35.1. The smallest absolute Gasteiger partial charge is 0.0463 e. The van der Waals surface area contributed by atoms with Crippen molar-refractivity contribution in [1.82, 2.24) is 0 Å². The number of hydrogen-bond donors (Lipinski definition) is 1. The van der Waals surface area contributed by atoms with Gasteiger partial charge in [-0.1, -0.05) is 92.7 Å². The normalized spacial score (nSPS) is 13.9. The highest BCUT2D eigenvalue weighted by atomic mass is 14.9. The molecule has 144 valence electrons. The van der Waals surface area contributed by atoms with E-state index in [1.54, 1.807) is 0 Å². The van der Waals surface area contributed by atoms with Crippen LogP contribution in [0.1, 0.15) is 25.0 Å². The van der Waals surface area contributed by atoms with Crippen molar-refractivity contribution in [3.63, 3.8) is 0 Å². The second kappa shape index (κ2) is 6.21. The summed E-state index contributed by atoms with van der Waals surface area (Å²) in [5.41, 5.74) is 7.80. The van der Waals surface area contributed by atoms with E-state index in [0.29, 0.717) is 0 Å². The predicted octanol–water partition coefficient (Wildman–Crippen LogP) is 8.04. The van der Waals surface area contributed by atoms with E-state index < -0.39 is 0 Å². The highest BCUT2D eigenvalue weighted by Crippen LogP contribution is 2.52. The zero-order chi connectivity index (χ0) is 20.3. The van der Waals surface area contributed by atoms with Crippen molar-refractivity contribution in [1.29, 1.82) is 0 Å². The Hall–Kier alpha value is -3.58. The molecule has 1 N–H and O–H groups in total. The quantitative estimate of drug-likeness (QED) is 0.324. The Labute approximate surface area is 177 Å². The van der Waals surface area contributed by atoms with Crippen LogP contribution in [0.25, 0.3) is 32.7 Å². The van der Waals surface area contributed by atoms with Crippen molar-refractivity contribution < 1.29 is 0 Å². The number of fused-ring (bicyclic) bond motifs is 6. The van der Waals surface area contributed by atoms with Crippen LogP contribution < -0.4 is 5.32 Å². The van der Waals surface area contributed by atoms with E-state index in [1.807, 2.05) is 0 Å². The molecule has 0 saturated heterocycles. The Morgan fingerprint density at radius 1 is 0.600 bits per heavy atom. The van der Waals surface area contributed by atoms with Crippen molar-refractivity contribution >= 4 is 32.9 Å². The minimum atomic E-state index is -0.0104. The summed E-state index contributed by atoms with van der Waals surface area (Å²) in [5, 5.41) is 8.84. The molecule has 5 aromatic rings. The second-order valence-corrected chi connectivity index (χ2v) is 8.75. The van der Waals surface area contributed by atoms with Gasteiger partial charge in [-0.3, -0.25) is 0 Å². The molecule has 0 saturated carbocycles. The Kier molecular flexibility index (Phi) is 3.58. The summed E-state index contributed by atoms with van der Waals surface area (Å²) in [6.07, 6.45) is 0. The molecular weight excluding hydrogens is 362 g/mol. The van der Waals surface area contributed by atoms with Crippen molar-refractivity contribution in [2.75, 3.05) is 5.32 Å². The topological polar surface area (TPSA) is 12.0 Å². The molecule has 0 bridgehead atoms. The van der Waals surface area contributed by atoms with E-state index in [1.165, 1.54) is 43.8 Å². The zero-order valence-corrected chi connectivity index (χ0v) is 17.2. The van der Waals surface area contributed by atoms with Gasteiger partial charge in [-0.15, -0.1) is 0 Å². The summed E-state index contributed by atoms with van der Waals surface area (Å²) in [7, 11) is 0. The molecule has 0 radical (unpaired) electrons. The molecule has 0 aliphatic heterocycles. The molecule has 5 aromatic carbocycles. The van der Waals surface area contributed by atoms with Crippen LogP contribution in [0.15, 0.2) is 97.1 Å². The molecule has 1 nitrogen and oxygen atoms in total. The van der Waals surface area contributed by atoms with Crippen LogP contribution >= 0.6 is 0 Å². The van der Waals surface area contributed by atoms with Gasteiger partial charge in [0.15, 0.2) is 0 Å². The molecular formula is C29H23N.